The van der Waals surface area contributed by atoms with E-state index in [1.54, 1.807) is 0 Å². The van der Waals surface area contributed by atoms with E-state index in [1.807, 2.05) is 0 Å². The molecule has 0 radical (unpaired) electrons. The molecule has 0 heterocycles. The molecule has 6 heteroatoms. The molecule has 72 valence electrons. The first kappa shape index (κ1) is 10.4. The lowest BCUT2D eigenvalue weighted by Crippen LogP contribution is -2.16. The zero-order valence-corrected chi connectivity index (χ0v) is 7.04. The summed E-state index contributed by atoms with van der Waals surface area (Å²) in [6.07, 6.45) is -4.70. The Hall–Kier alpha value is -0.700. The van der Waals surface area contributed by atoms with Crippen molar-refractivity contribution in [2.24, 2.45) is 0 Å². The first-order chi connectivity index (χ1) is 5.93. The van der Waals surface area contributed by atoms with Crippen molar-refractivity contribution in [3.8, 4) is 0 Å². The number of halogens is 5. The monoisotopic (exact) mass is 214 g/mol. The molecule has 0 saturated carbocycles. The summed E-state index contributed by atoms with van der Waals surface area (Å²) < 4.78 is 60.5. The van der Waals surface area contributed by atoms with Gasteiger partial charge in [-0.05, 0) is 12.1 Å². The molecule has 0 unspecified atom stereocenters. The highest BCUT2D eigenvalue weighted by atomic mass is 31.2. The van der Waals surface area contributed by atoms with Gasteiger partial charge in [0.2, 0.25) is 0 Å². The van der Waals surface area contributed by atoms with Gasteiger partial charge >= 0.3 is 6.18 Å². The largest absolute Gasteiger partial charge is 0.417 e. The maximum atomic E-state index is 12.1. The Morgan fingerprint density at radius 2 is 1.54 bits per heavy atom. The van der Waals surface area contributed by atoms with Crippen LogP contribution in [0.5, 0.6) is 0 Å². The normalized spacial score (nSPS) is 12.2. The van der Waals surface area contributed by atoms with Crippen LogP contribution in [-0.4, -0.2) is 0 Å². The molecule has 0 aromatic heterocycles. The van der Waals surface area contributed by atoms with E-state index in [1.165, 1.54) is 6.07 Å². The van der Waals surface area contributed by atoms with Crippen molar-refractivity contribution in [3.05, 3.63) is 29.8 Å². The molecule has 0 aliphatic rings. The highest BCUT2D eigenvalue weighted by Crippen LogP contribution is 2.42. The van der Waals surface area contributed by atoms with E-state index in [4.69, 9.17) is 0 Å². The first-order valence-corrected chi connectivity index (χ1v) is 4.33. The molecule has 1 rings (SSSR count). The first-order valence-electron chi connectivity index (χ1n) is 3.21. The van der Waals surface area contributed by atoms with Crippen LogP contribution in [0.15, 0.2) is 24.3 Å². The second-order valence-electron chi connectivity index (χ2n) is 2.25. The average molecular weight is 214 g/mol. The lowest BCUT2D eigenvalue weighted by molar-refractivity contribution is -0.136. The summed E-state index contributed by atoms with van der Waals surface area (Å²) in [7, 11) is -3.70. The SMILES string of the molecule is FP(F)c1ccccc1C(F)(F)F. The third-order valence-corrected chi connectivity index (χ3v) is 2.15. The molecule has 0 nitrogen and oxygen atoms in total. The molecule has 0 aliphatic heterocycles. The van der Waals surface area contributed by atoms with E-state index < -0.39 is 25.6 Å². The lowest BCUT2D eigenvalue weighted by Gasteiger charge is -2.10. The van der Waals surface area contributed by atoms with E-state index in [9.17, 15) is 21.6 Å². The molecule has 0 spiro atoms. The molecule has 0 atom stereocenters. The molecule has 0 saturated heterocycles. The minimum absolute atomic E-state index is 0.657. The quantitative estimate of drug-likeness (QED) is 0.495. The molecule has 0 bridgehead atoms. The fourth-order valence-corrected chi connectivity index (χ4v) is 1.44. The number of hydrogen-bond donors (Lipinski definition) is 0. The number of alkyl halides is 3. The second kappa shape index (κ2) is 3.58. The predicted octanol–water partition coefficient (Wildman–Crippen LogP) is 3.58. The lowest BCUT2D eigenvalue weighted by atomic mass is 10.2. The Labute approximate surface area is 72.4 Å². The molecule has 1 aromatic carbocycles. The van der Waals surface area contributed by atoms with Gasteiger partial charge in [-0.15, -0.1) is 0 Å². The zero-order valence-electron chi connectivity index (χ0n) is 6.15. The van der Waals surface area contributed by atoms with E-state index in [0.29, 0.717) is 6.07 Å². The van der Waals surface area contributed by atoms with Gasteiger partial charge in [0, 0.05) is 0 Å². The van der Waals surface area contributed by atoms with Crippen molar-refractivity contribution in [1.82, 2.24) is 0 Å². The zero-order chi connectivity index (χ0) is 10.1. The van der Waals surface area contributed by atoms with E-state index in [-0.39, 0.29) is 0 Å². The van der Waals surface area contributed by atoms with Gasteiger partial charge in [-0.1, -0.05) is 12.1 Å². The van der Waals surface area contributed by atoms with E-state index >= 15 is 0 Å². The molecular weight excluding hydrogens is 210 g/mol. The van der Waals surface area contributed by atoms with Crippen LogP contribution in [0.3, 0.4) is 0 Å². The van der Waals surface area contributed by atoms with Crippen LogP contribution >= 0.6 is 8.54 Å². The van der Waals surface area contributed by atoms with Gasteiger partial charge in [0.1, 0.15) is 0 Å². The molecule has 0 aliphatic carbocycles. The summed E-state index contributed by atoms with van der Waals surface area (Å²) in [4.78, 5) is 0. The fraction of sp³-hybridized carbons (Fsp3) is 0.143. The average Bonchev–Trinajstić information content (AvgIpc) is 2.03. The van der Waals surface area contributed by atoms with Crippen molar-refractivity contribution in [1.29, 1.82) is 0 Å². The van der Waals surface area contributed by atoms with Gasteiger partial charge in [-0.25, -0.2) is 0 Å². The number of hydrogen-bond acceptors (Lipinski definition) is 0. The summed E-state index contributed by atoms with van der Waals surface area (Å²) in [6.45, 7) is 0. The van der Waals surface area contributed by atoms with Crippen LogP contribution in [0.2, 0.25) is 0 Å². The van der Waals surface area contributed by atoms with Crippen molar-refractivity contribution >= 4 is 13.8 Å². The van der Waals surface area contributed by atoms with Gasteiger partial charge in [0.25, 0.3) is 8.54 Å². The summed E-state index contributed by atoms with van der Waals surface area (Å²) in [5.41, 5.74) is -1.24. The van der Waals surface area contributed by atoms with Crippen LogP contribution in [-0.2, 0) is 6.18 Å². The molecule has 1 aromatic rings. The standard InChI is InChI=1S/C7H4F5P/c8-7(9,10)5-3-1-2-4-6(5)13(11)12/h1-4H. The maximum absolute atomic E-state index is 12.1. The Balaban J connectivity index is 3.20. The Morgan fingerprint density at radius 3 is 1.92 bits per heavy atom. The minimum atomic E-state index is -4.70. The van der Waals surface area contributed by atoms with Crippen LogP contribution in [0, 0.1) is 0 Å². The van der Waals surface area contributed by atoms with Gasteiger partial charge in [-0.3, -0.25) is 0 Å². The van der Waals surface area contributed by atoms with Crippen molar-refractivity contribution in [2.75, 3.05) is 0 Å². The molecule has 0 N–H and O–H groups in total. The summed E-state index contributed by atoms with van der Waals surface area (Å²) in [6, 6.07) is 3.71. The van der Waals surface area contributed by atoms with Crippen LogP contribution < -0.4 is 5.30 Å². The molecule has 0 fully saturated rings. The second-order valence-corrected chi connectivity index (χ2v) is 3.20. The van der Waals surface area contributed by atoms with Gasteiger partial charge in [0.05, 0.1) is 10.9 Å². The molecular formula is C7H4F5P. The van der Waals surface area contributed by atoms with Crippen LogP contribution in [0.1, 0.15) is 5.56 Å². The third kappa shape index (κ3) is 2.37. The van der Waals surface area contributed by atoms with E-state index in [0.717, 1.165) is 12.1 Å². The molecule has 13 heavy (non-hydrogen) atoms. The minimum Gasteiger partial charge on any atom is -0.183 e. The third-order valence-electron chi connectivity index (χ3n) is 1.39. The fourth-order valence-electron chi connectivity index (χ4n) is 0.861. The highest BCUT2D eigenvalue weighted by Gasteiger charge is 2.35. The summed E-state index contributed by atoms with van der Waals surface area (Å²) in [5, 5.41) is -0.912. The summed E-state index contributed by atoms with van der Waals surface area (Å²) >= 11 is 0. The Morgan fingerprint density at radius 1 is 1.00 bits per heavy atom. The van der Waals surface area contributed by atoms with Crippen LogP contribution in [0.4, 0.5) is 21.6 Å². The topological polar surface area (TPSA) is 0 Å². The highest BCUT2D eigenvalue weighted by molar-refractivity contribution is 7.55. The van der Waals surface area contributed by atoms with Crippen LogP contribution in [0.25, 0.3) is 0 Å². The number of benzene rings is 1. The number of rotatable bonds is 1. The maximum Gasteiger partial charge on any atom is 0.417 e. The Bertz CT molecular complexity index is 293. The van der Waals surface area contributed by atoms with Gasteiger partial charge < -0.3 is 0 Å². The predicted molar refractivity (Wildman–Crippen MR) is 40.2 cm³/mol. The van der Waals surface area contributed by atoms with E-state index in [2.05, 4.69) is 0 Å². The van der Waals surface area contributed by atoms with Crippen molar-refractivity contribution in [3.63, 3.8) is 0 Å². The van der Waals surface area contributed by atoms with Crippen molar-refractivity contribution < 1.29 is 21.6 Å². The van der Waals surface area contributed by atoms with Gasteiger partial charge in [0.15, 0.2) is 0 Å². The molecule has 0 amide bonds. The van der Waals surface area contributed by atoms with Gasteiger partial charge in [-0.2, -0.15) is 21.6 Å². The summed E-state index contributed by atoms with van der Waals surface area (Å²) in [5.74, 6) is 0. The van der Waals surface area contributed by atoms with Crippen molar-refractivity contribution in [2.45, 2.75) is 6.18 Å². The Kier molecular flexibility index (Phi) is 2.86. The smallest absolute Gasteiger partial charge is 0.183 e.